The number of hydrogen-bond donors (Lipinski definition) is 1. The van der Waals surface area contributed by atoms with Crippen LogP contribution in [-0.4, -0.2) is 13.0 Å². The normalized spacial score (nSPS) is 16.3. The maximum Gasteiger partial charge on any atom is 0.291 e. The third-order valence-electron chi connectivity index (χ3n) is 6.89. The van der Waals surface area contributed by atoms with Crippen LogP contribution in [0.15, 0.2) is 52.9 Å². The molecule has 0 aliphatic heterocycles. The number of hydrogen-bond acceptors (Lipinski definition) is 3. The quantitative estimate of drug-likeness (QED) is 0.484. The Morgan fingerprint density at radius 3 is 2.38 bits per heavy atom. The van der Waals surface area contributed by atoms with Gasteiger partial charge in [0.05, 0.1) is 7.11 Å². The molecule has 168 valence electrons. The molecule has 0 bridgehead atoms. The molecule has 0 saturated heterocycles. The second-order valence-electron chi connectivity index (χ2n) is 10.2. The molecule has 4 rings (SSSR count). The van der Waals surface area contributed by atoms with E-state index in [1.54, 1.807) is 19.2 Å². The lowest BCUT2D eigenvalue weighted by Gasteiger charge is -2.42. The van der Waals surface area contributed by atoms with Crippen molar-refractivity contribution in [2.45, 2.75) is 64.7 Å². The molecule has 0 fully saturated rings. The van der Waals surface area contributed by atoms with Crippen LogP contribution in [0.25, 0.3) is 0 Å². The molecule has 4 nitrogen and oxygen atoms in total. The fourth-order valence-corrected chi connectivity index (χ4v) is 4.63. The minimum Gasteiger partial charge on any atom is -0.497 e. The van der Waals surface area contributed by atoms with E-state index in [9.17, 15) is 4.79 Å². The van der Waals surface area contributed by atoms with Crippen molar-refractivity contribution >= 4 is 11.6 Å². The summed E-state index contributed by atoms with van der Waals surface area (Å²) in [4.78, 5) is 12.6. The van der Waals surface area contributed by atoms with E-state index in [4.69, 9.17) is 9.15 Å². The SMILES string of the molecule is COc1cccc(NC(=O)c2ccc(Cc3cc4c(cc3C)C(C)(C)CCC4(C)C)o2)c1. The van der Waals surface area contributed by atoms with Gasteiger partial charge in [-0.3, -0.25) is 4.79 Å². The van der Waals surface area contributed by atoms with Crippen LogP contribution < -0.4 is 10.1 Å². The number of aryl methyl sites for hydroxylation is 1. The van der Waals surface area contributed by atoms with Crippen LogP contribution in [0.2, 0.25) is 0 Å². The lowest BCUT2D eigenvalue weighted by Crippen LogP contribution is -2.34. The van der Waals surface area contributed by atoms with Crippen LogP contribution in [0.5, 0.6) is 5.75 Å². The van der Waals surface area contributed by atoms with Gasteiger partial charge in [-0.15, -0.1) is 0 Å². The molecule has 0 radical (unpaired) electrons. The molecule has 0 unspecified atom stereocenters. The Labute approximate surface area is 191 Å². The molecule has 1 amide bonds. The van der Waals surface area contributed by atoms with Gasteiger partial charge in [0.2, 0.25) is 0 Å². The van der Waals surface area contributed by atoms with Crippen molar-refractivity contribution in [1.29, 1.82) is 0 Å². The molecule has 1 aromatic heterocycles. The van der Waals surface area contributed by atoms with Crippen molar-refractivity contribution in [3.05, 3.63) is 82.3 Å². The highest BCUT2D eigenvalue weighted by Crippen LogP contribution is 2.46. The van der Waals surface area contributed by atoms with E-state index < -0.39 is 0 Å². The zero-order chi connectivity index (χ0) is 23.1. The van der Waals surface area contributed by atoms with Crippen LogP contribution in [0.1, 0.15) is 79.1 Å². The Morgan fingerprint density at radius 1 is 1.00 bits per heavy atom. The molecule has 1 N–H and O–H groups in total. The molecule has 1 aliphatic rings. The number of ether oxygens (including phenoxy) is 1. The summed E-state index contributed by atoms with van der Waals surface area (Å²) in [5.41, 5.74) is 6.46. The number of rotatable bonds is 5. The number of anilines is 1. The van der Waals surface area contributed by atoms with Gasteiger partial charge in [0, 0.05) is 18.2 Å². The lowest BCUT2D eigenvalue weighted by molar-refractivity contribution is 0.0995. The van der Waals surface area contributed by atoms with E-state index >= 15 is 0 Å². The summed E-state index contributed by atoms with van der Waals surface area (Å²) in [6, 6.07) is 15.6. The van der Waals surface area contributed by atoms with Gasteiger partial charge in [-0.05, 0) is 77.1 Å². The zero-order valence-electron chi connectivity index (χ0n) is 20.0. The highest BCUT2D eigenvalue weighted by atomic mass is 16.5. The smallest absolute Gasteiger partial charge is 0.291 e. The van der Waals surface area contributed by atoms with Gasteiger partial charge in [0.1, 0.15) is 11.5 Å². The molecule has 1 heterocycles. The summed E-state index contributed by atoms with van der Waals surface area (Å²) in [7, 11) is 1.60. The summed E-state index contributed by atoms with van der Waals surface area (Å²) in [5.74, 6) is 1.52. The number of fused-ring (bicyclic) bond motifs is 1. The number of benzene rings is 2. The van der Waals surface area contributed by atoms with Crippen LogP contribution >= 0.6 is 0 Å². The summed E-state index contributed by atoms with van der Waals surface area (Å²) in [6.45, 7) is 11.6. The average molecular weight is 432 g/mol. The lowest BCUT2D eigenvalue weighted by atomic mass is 9.62. The molecule has 0 spiro atoms. The number of carbonyl (C=O) groups excluding carboxylic acids is 1. The van der Waals surface area contributed by atoms with Crippen molar-refractivity contribution in [2.24, 2.45) is 0 Å². The Bertz CT molecular complexity index is 1150. The monoisotopic (exact) mass is 431 g/mol. The first-order valence-corrected chi connectivity index (χ1v) is 11.3. The average Bonchev–Trinajstić information content (AvgIpc) is 3.21. The van der Waals surface area contributed by atoms with Crippen molar-refractivity contribution < 1.29 is 13.9 Å². The molecule has 1 aliphatic carbocycles. The number of carbonyl (C=O) groups is 1. The standard InChI is InChI=1S/C28H33NO3/c1-18-14-23-24(28(4,5)13-12-27(23,2)3)16-19(18)15-22-10-11-25(32-22)26(30)29-20-8-7-9-21(17-20)31-6/h7-11,14,16-17H,12-13,15H2,1-6H3,(H,29,30). The highest BCUT2D eigenvalue weighted by Gasteiger charge is 2.37. The van der Waals surface area contributed by atoms with Crippen LogP contribution in [0, 0.1) is 6.92 Å². The van der Waals surface area contributed by atoms with Gasteiger partial charge in [-0.25, -0.2) is 0 Å². The van der Waals surface area contributed by atoms with E-state index in [0.29, 0.717) is 23.6 Å². The van der Waals surface area contributed by atoms with Crippen LogP contribution in [0.4, 0.5) is 5.69 Å². The minimum absolute atomic E-state index is 0.165. The maximum atomic E-state index is 12.6. The van der Waals surface area contributed by atoms with Gasteiger partial charge in [-0.2, -0.15) is 0 Å². The topological polar surface area (TPSA) is 51.5 Å². The fourth-order valence-electron chi connectivity index (χ4n) is 4.63. The molecule has 0 saturated carbocycles. The van der Waals surface area contributed by atoms with Gasteiger partial charge in [0.25, 0.3) is 5.91 Å². The second kappa shape index (κ2) is 8.16. The van der Waals surface area contributed by atoms with Crippen molar-refractivity contribution in [2.75, 3.05) is 12.4 Å². The van der Waals surface area contributed by atoms with Crippen molar-refractivity contribution in [3.8, 4) is 5.75 Å². The molecule has 3 aromatic rings. The first-order chi connectivity index (χ1) is 15.1. The van der Waals surface area contributed by atoms with E-state index in [1.807, 2.05) is 24.3 Å². The predicted octanol–water partition coefficient (Wildman–Crippen LogP) is 6.79. The van der Waals surface area contributed by atoms with Crippen LogP contribution in [-0.2, 0) is 17.3 Å². The fraction of sp³-hybridized carbons (Fsp3) is 0.393. The number of amides is 1. The largest absolute Gasteiger partial charge is 0.497 e. The number of methoxy groups -OCH3 is 1. The minimum atomic E-state index is -0.269. The Morgan fingerprint density at radius 2 is 1.69 bits per heavy atom. The first kappa shape index (κ1) is 22.2. The Balaban J connectivity index is 1.55. The first-order valence-electron chi connectivity index (χ1n) is 11.3. The Hall–Kier alpha value is -3.01. The number of nitrogens with one attached hydrogen (secondary N) is 1. The van der Waals surface area contributed by atoms with E-state index in [0.717, 1.165) is 5.76 Å². The second-order valence-corrected chi connectivity index (χ2v) is 10.2. The third kappa shape index (κ3) is 4.32. The van der Waals surface area contributed by atoms with Gasteiger partial charge < -0.3 is 14.5 Å². The van der Waals surface area contributed by atoms with E-state index in [1.165, 1.54) is 35.1 Å². The molecule has 0 atom stereocenters. The third-order valence-corrected chi connectivity index (χ3v) is 6.89. The van der Waals surface area contributed by atoms with Gasteiger partial charge in [0.15, 0.2) is 5.76 Å². The molecular weight excluding hydrogens is 398 g/mol. The highest BCUT2D eigenvalue weighted by molar-refractivity contribution is 6.02. The van der Waals surface area contributed by atoms with Crippen molar-refractivity contribution in [1.82, 2.24) is 0 Å². The summed E-state index contributed by atoms with van der Waals surface area (Å²) in [6.07, 6.45) is 3.06. The molecular formula is C28H33NO3. The van der Waals surface area contributed by atoms with E-state index in [-0.39, 0.29) is 16.7 Å². The summed E-state index contributed by atoms with van der Waals surface area (Å²) < 4.78 is 11.1. The Kier molecular flexibility index (Phi) is 5.66. The number of furan rings is 1. The summed E-state index contributed by atoms with van der Waals surface area (Å²) in [5, 5.41) is 2.87. The molecule has 4 heteroatoms. The van der Waals surface area contributed by atoms with Crippen LogP contribution in [0.3, 0.4) is 0 Å². The summed E-state index contributed by atoms with van der Waals surface area (Å²) >= 11 is 0. The van der Waals surface area contributed by atoms with E-state index in [2.05, 4.69) is 52.1 Å². The zero-order valence-corrected chi connectivity index (χ0v) is 20.0. The van der Waals surface area contributed by atoms with Gasteiger partial charge >= 0.3 is 0 Å². The molecule has 2 aromatic carbocycles. The molecule has 32 heavy (non-hydrogen) atoms. The van der Waals surface area contributed by atoms with Crippen molar-refractivity contribution in [3.63, 3.8) is 0 Å². The predicted molar refractivity (Wildman–Crippen MR) is 129 cm³/mol. The maximum absolute atomic E-state index is 12.6. The van der Waals surface area contributed by atoms with Gasteiger partial charge in [-0.1, -0.05) is 45.9 Å².